The van der Waals surface area contributed by atoms with Crippen LogP contribution in [0.15, 0.2) is 5.38 Å². The quantitative estimate of drug-likeness (QED) is 0.863. The molecule has 4 heteroatoms. The van der Waals surface area contributed by atoms with E-state index in [9.17, 15) is 0 Å². The van der Waals surface area contributed by atoms with Crippen LogP contribution in [0.5, 0.6) is 0 Å². The minimum atomic E-state index is 0.0772. The van der Waals surface area contributed by atoms with Crippen molar-refractivity contribution in [2.75, 3.05) is 13.2 Å². The van der Waals surface area contributed by atoms with Crippen molar-refractivity contribution in [3.8, 4) is 0 Å². The summed E-state index contributed by atoms with van der Waals surface area (Å²) in [6.07, 6.45) is 0.925. The maximum atomic E-state index is 5.80. The van der Waals surface area contributed by atoms with Crippen molar-refractivity contribution in [3.63, 3.8) is 0 Å². The van der Waals surface area contributed by atoms with E-state index in [4.69, 9.17) is 10.5 Å². The van der Waals surface area contributed by atoms with Gasteiger partial charge in [-0.1, -0.05) is 20.8 Å². The lowest BCUT2D eigenvalue weighted by Gasteiger charge is -2.28. The molecule has 0 fully saturated rings. The van der Waals surface area contributed by atoms with Gasteiger partial charge in [0.2, 0.25) is 0 Å². The van der Waals surface area contributed by atoms with E-state index < -0.39 is 0 Å². The number of hydrogen-bond donors (Lipinski definition) is 1. The fourth-order valence-corrected chi connectivity index (χ4v) is 2.71. The van der Waals surface area contributed by atoms with Gasteiger partial charge in [0.1, 0.15) is 11.1 Å². The Morgan fingerprint density at radius 1 is 1.50 bits per heavy atom. The van der Waals surface area contributed by atoms with Crippen molar-refractivity contribution in [1.29, 1.82) is 0 Å². The van der Waals surface area contributed by atoms with E-state index in [0.29, 0.717) is 13.2 Å². The molecule has 0 aliphatic carbocycles. The summed E-state index contributed by atoms with van der Waals surface area (Å²) < 4.78 is 5.80. The summed E-state index contributed by atoms with van der Waals surface area (Å²) in [5, 5.41) is 3.15. The maximum absolute atomic E-state index is 5.80. The lowest BCUT2D eigenvalue weighted by Crippen LogP contribution is -2.21. The molecule has 92 valence electrons. The van der Waals surface area contributed by atoms with Crippen molar-refractivity contribution in [2.45, 2.75) is 40.2 Å². The maximum Gasteiger partial charge on any atom is 0.122 e. The average Bonchev–Trinajstić information content (AvgIpc) is 2.61. The molecule has 1 unspecified atom stereocenters. The molecule has 1 atom stereocenters. The van der Waals surface area contributed by atoms with Gasteiger partial charge in [-0.15, -0.1) is 11.3 Å². The van der Waals surface area contributed by atoms with E-state index in [-0.39, 0.29) is 11.5 Å². The molecule has 2 N–H and O–H groups in total. The van der Waals surface area contributed by atoms with E-state index in [1.165, 1.54) is 0 Å². The zero-order chi connectivity index (χ0) is 12.2. The Hall–Kier alpha value is -0.450. The summed E-state index contributed by atoms with van der Waals surface area (Å²) >= 11 is 1.67. The Morgan fingerprint density at radius 2 is 2.19 bits per heavy atom. The first-order valence-corrected chi connectivity index (χ1v) is 6.63. The Balaban J connectivity index is 2.84. The molecule has 0 bridgehead atoms. The van der Waals surface area contributed by atoms with Gasteiger partial charge < -0.3 is 10.5 Å². The van der Waals surface area contributed by atoms with Gasteiger partial charge in [0.25, 0.3) is 0 Å². The largest absolute Gasteiger partial charge is 0.371 e. The van der Waals surface area contributed by atoms with Gasteiger partial charge in [-0.25, -0.2) is 4.98 Å². The molecular weight excluding hydrogens is 220 g/mol. The minimum Gasteiger partial charge on any atom is -0.371 e. The third kappa shape index (κ3) is 3.54. The van der Waals surface area contributed by atoms with Crippen LogP contribution in [0, 0.1) is 5.41 Å². The topological polar surface area (TPSA) is 48.1 Å². The molecular formula is C12H22N2OS. The van der Waals surface area contributed by atoms with Crippen LogP contribution in [0.1, 0.15) is 44.5 Å². The molecule has 0 saturated heterocycles. The summed E-state index contributed by atoms with van der Waals surface area (Å²) in [7, 11) is 0. The van der Waals surface area contributed by atoms with Crippen molar-refractivity contribution in [2.24, 2.45) is 11.1 Å². The standard InChI is InChI=1S/C12H22N2OS/c1-5-15-10(12(2,3)4)11-14-9(6-7-13)8-16-11/h8,10H,5-7,13H2,1-4H3. The van der Waals surface area contributed by atoms with E-state index in [2.05, 4.69) is 31.1 Å². The summed E-state index contributed by atoms with van der Waals surface area (Å²) in [6.45, 7) is 9.92. The Labute approximate surface area is 102 Å². The van der Waals surface area contributed by atoms with E-state index >= 15 is 0 Å². The average molecular weight is 242 g/mol. The van der Waals surface area contributed by atoms with E-state index in [1.54, 1.807) is 11.3 Å². The van der Waals surface area contributed by atoms with Crippen LogP contribution < -0.4 is 5.73 Å². The fourth-order valence-electron chi connectivity index (χ4n) is 1.56. The van der Waals surface area contributed by atoms with Gasteiger partial charge in [-0.05, 0) is 18.9 Å². The molecule has 0 spiro atoms. The molecule has 0 amide bonds. The molecule has 1 aromatic rings. The molecule has 0 radical (unpaired) electrons. The Bertz CT molecular complexity index is 317. The van der Waals surface area contributed by atoms with Crippen LogP contribution in [0.4, 0.5) is 0 Å². The van der Waals surface area contributed by atoms with Crippen molar-refractivity contribution in [3.05, 3.63) is 16.1 Å². The first kappa shape index (κ1) is 13.6. The molecule has 0 aromatic carbocycles. The number of ether oxygens (including phenoxy) is 1. The number of thiazole rings is 1. The second-order valence-electron chi connectivity index (χ2n) is 4.92. The van der Waals surface area contributed by atoms with Crippen LogP contribution >= 0.6 is 11.3 Å². The molecule has 0 aliphatic heterocycles. The number of nitrogens with zero attached hydrogens (tertiary/aromatic N) is 1. The zero-order valence-corrected chi connectivity index (χ0v) is 11.4. The van der Waals surface area contributed by atoms with Crippen molar-refractivity contribution < 1.29 is 4.74 Å². The van der Waals surface area contributed by atoms with Gasteiger partial charge >= 0.3 is 0 Å². The lowest BCUT2D eigenvalue weighted by molar-refractivity contribution is -0.0134. The smallest absolute Gasteiger partial charge is 0.122 e. The summed E-state index contributed by atoms with van der Waals surface area (Å²) in [5.74, 6) is 0. The molecule has 0 aliphatic rings. The lowest BCUT2D eigenvalue weighted by atomic mass is 9.89. The Kier molecular flexibility index (Phi) is 4.89. The van der Waals surface area contributed by atoms with E-state index in [0.717, 1.165) is 17.1 Å². The summed E-state index contributed by atoms with van der Waals surface area (Å²) in [4.78, 5) is 4.60. The third-order valence-electron chi connectivity index (χ3n) is 2.31. The van der Waals surface area contributed by atoms with Gasteiger partial charge in [0.15, 0.2) is 0 Å². The number of rotatable bonds is 5. The van der Waals surface area contributed by atoms with Gasteiger partial charge in [-0.3, -0.25) is 0 Å². The highest BCUT2D eigenvalue weighted by molar-refractivity contribution is 7.09. The predicted molar refractivity (Wildman–Crippen MR) is 68.7 cm³/mol. The molecule has 0 saturated carbocycles. The highest BCUT2D eigenvalue weighted by Gasteiger charge is 2.29. The SMILES string of the molecule is CCOC(c1nc(CCN)cs1)C(C)(C)C. The number of aromatic nitrogens is 1. The third-order valence-corrected chi connectivity index (χ3v) is 3.25. The first-order chi connectivity index (χ1) is 7.49. The molecule has 1 rings (SSSR count). The van der Waals surface area contributed by atoms with Crippen LogP contribution in [0.25, 0.3) is 0 Å². The highest BCUT2D eigenvalue weighted by Crippen LogP contribution is 2.37. The second-order valence-corrected chi connectivity index (χ2v) is 5.81. The van der Waals surface area contributed by atoms with Crippen molar-refractivity contribution in [1.82, 2.24) is 4.98 Å². The molecule has 3 nitrogen and oxygen atoms in total. The van der Waals surface area contributed by atoms with Crippen LogP contribution in [-0.4, -0.2) is 18.1 Å². The summed E-state index contributed by atoms with van der Waals surface area (Å²) in [6, 6.07) is 0. The van der Waals surface area contributed by atoms with E-state index in [1.807, 2.05) is 6.92 Å². The predicted octanol–water partition coefficient (Wildman–Crippen LogP) is 2.77. The van der Waals surface area contributed by atoms with Gasteiger partial charge in [0.05, 0.1) is 5.69 Å². The highest BCUT2D eigenvalue weighted by atomic mass is 32.1. The number of hydrogen-bond acceptors (Lipinski definition) is 4. The fraction of sp³-hybridized carbons (Fsp3) is 0.750. The van der Waals surface area contributed by atoms with Gasteiger partial charge in [0, 0.05) is 18.4 Å². The minimum absolute atomic E-state index is 0.0772. The first-order valence-electron chi connectivity index (χ1n) is 5.75. The normalized spacial score (nSPS) is 14.1. The number of nitrogens with two attached hydrogens (primary N) is 1. The van der Waals surface area contributed by atoms with Gasteiger partial charge in [-0.2, -0.15) is 0 Å². The summed E-state index contributed by atoms with van der Waals surface area (Å²) in [5.41, 5.74) is 6.68. The van der Waals surface area contributed by atoms with Crippen LogP contribution in [-0.2, 0) is 11.2 Å². The van der Waals surface area contributed by atoms with Crippen LogP contribution in [0.2, 0.25) is 0 Å². The molecule has 1 aromatic heterocycles. The molecule has 16 heavy (non-hydrogen) atoms. The van der Waals surface area contributed by atoms with Crippen LogP contribution in [0.3, 0.4) is 0 Å². The Morgan fingerprint density at radius 3 is 2.69 bits per heavy atom. The van der Waals surface area contributed by atoms with Crippen molar-refractivity contribution >= 4 is 11.3 Å². The zero-order valence-electron chi connectivity index (χ0n) is 10.6. The molecule has 1 heterocycles. The monoisotopic (exact) mass is 242 g/mol. The second kappa shape index (κ2) is 5.75.